The molecule has 32 heavy (non-hydrogen) atoms. The number of amidine groups is 1. The summed E-state index contributed by atoms with van der Waals surface area (Å²) in [6.07, 6.45) is 1.71. The van der Waals surface area contributed by atoms with Gasteiger partial charge in [0.1, 0.15) is 5.84 Å². The maximum absolute atomic E-state index is 11.3. The number of rotatable bonds is 9. The van der Waals surface area contributed by atoms with Crippen LogP contribution in [0.1, 0.15) is 42.9 Å². The van der Waals surface area contributed by atoms with E-state index in [9.17, 15) is 14.7 Å². The van der Waals surface area contributed by atoms with Gasteiger partial charge in [0, 0.05) is 56.8 Å². The van der Waals surface area contributed by atoms with Crippen LogP contribution in [0.4, 0.5) is 0 Å². The highest BCUT2D eigenvalue weighted by atomic mass is 35.5. The molecule has 0 spiro atoms. The monoisotopic (exact) mass is 467 g/mol. The van der Waals surface area contributed by atoms with Crippen LogP contribution in [0.15, 0.2) is 24.3 Å². The molecule has 10 heteroatoms. The summed E-state index contributed by atoms with van der Waals surface area (Å²) in [5.74, 6) is -1.37. The molecule has 0 radical (unpaired) electrons. The summed E-state index contributed by atoms with van der Waals surface area (Å²) in [5, 5.41) is 29.3. The van der Waals surface area contributed by atoms with Crippen LogP contribution in [0, 0.1) is 11.3 Å². The van der Waals surface area contributed by atoms with Gasteiger partial charge >= 0.3 is 11.9 Å². The quantitative estimate of drug-likeness (QED) is 0.270. The Morgan fingerprint density at radius 1 is 1.12 bits per heavy atom. The molecule has 1 aromatic rings. The number of hydrogen-bond acceptors (Lipinski definition) is 6. The third-order valence-corrected chi connectivity index (χ3v) is 6.47. The fourth-order valence-electron chi connectivity index (χ4n) is 4.89. The van der Waals surface area contributed by atoms with Gasteiger partial charge in [-0.3, -0.25) is 19.9 Å². The highest BCUT2D eigenvalue weighted by Gasteiger charge is 2.38. The van der Waals surface area contributed by atoms with Gasteiger partial charge in [0.2, 0.25) is 0 Å². The van der Waals surface area contributed by atoms with E-state index >= 15 is 0 Å². The molecular weight excluding hydrogens is 434 g/mol. The lowest BCUT2D eigenvalue weighted by atomic mass is 9.85. The number of hydrogen-bond donors (Lipinski definition) is 5. The molecule has 0 bridgehead atoms. The van der Waals surface area contributed by atoms with Gasteiger partial charge in [-0.15, -0.1) is 12.4 Å². The number of aliphatic carboxylic acids is 2. The van der Waals surface area contributed by atoms with Gasteiger partial charge in [0.15, 0.2) is 0 Å². The number of nitrogen functional groups attached to an aromatic ring is 1. The van der Waals surface area contributed by atoms with E-state index in [0.717, 1.165) is 44.7 Å². The van der Waals surface area contributed by atoms with Crippen LogP contribution in [0.5, 0.6) is 0 Å². The largest absolute Gasteiger partial charge is 0.481 e. The standard InChI is InChI=1S/C22H33N5O4.ClH/c23-22(24)16-3-1-15(2-4-16)19-13-25-9-12-27(19)18-7-10-26(11-8-21(30)31)14-17(18)5-6-20(28)29;/h1-4,17-19,25H,5-14H2,(H3,23,24)(H,28,29)(H,30,31);1H. The lowest BCUT2D eigenvalue weighted by Crippen LogP contribution is -2.57. The summed E-state index contributed by atoms with van der Waals surface area (Å²) in [7, 11) is 0. The number of piperazine rings is 1. The molecule has 178 valence electrons. The number of nitrogens with zero attached hydrogens (tertiary/aromatic N) is 2. The summed E-state index contributed by atoms with van der Waals surface area (Å²) in [4.78, 5) is 26.9. The van der Waals surface area contributed by atoms with E-state index in [2.05, 4.69) is 15.1 Å². The van der Waals surface area contributed by atoms with Crippen molar-refractivity contribution in [3.05, 3.63) is 35.4 Å². The van der Waals surface area contributed by atoms with Crippen LogP contribution < -0.4 is 11.1 Å². The lowest BCUT2D eigenvalue weighted by molar-refractivity contribution is -0.138. The minimum absolute atomic E-state index is 0. The van der Waals surface area contributed by atoms with E-state index in [4.69, 9.17) is 16.2 Å². The number of benzene rings is 1. The molecule has 2 saturated heterocycles. The predicted molar refractivity (Wildman–Crippen MR) is 124 cm³/mol. The second-order valence-corrected chi connectivity index (χ2v) is 8.49. The van der Waals surface area contributed by atoms with Crippen LogP contribution >= 0.6 is 12.4 Å². The molecule has 3 atom stereocenters. The van der Waals surface area contributed by atoms with E-state index < -0.39 is 11.9 Å². The summed E-state index contributed by atoms with van der Waals surface area (Å²) < 4.78 is 0. The minimum atomic E-state index is -0.805. The van der Waals surface area contributed by atoms with Gasteiger partial charge in [0.05, 0.1) is 6.42 Å². The molecule has 3 unspecified atom stereocenters. The zero-order valence-corrected chi connectivity index (χ0v) is 19.0. The molecule has 0 aromatic heterocycles. The Morgan fingerprint density at radius 2 is 1.81 bits per heavy atom. The van der Waals surface area contributed by atoms with Crippen LogP contribution in [-0.4, -0.2) is 83.1 Å². The second kappa shape index (κ2) is 12.2. The Balaban J connectivity index is 0.00000363. The molecule has 0 amide bonds. The summed E-state index contributed by atoms with van der Waals surface area (Å²) >= 11 is 0. The van der Waals surface area contributed by atoms with Gasteiger partial charge < -0.3 is 26.2 Å². The summed E-state index contributed by atoms with van der Waals surface area (Å²) in [6.45, 7) is 4.62. The van der Waals surface area contributed by atoms with Gasteiger partial charge in [-0.1, -0.05) is 24.3 Å². The first kappa shape index (κ1) is 26.1. The molecule has 2 fully saturated rings. The van der Waals surface area contributed by atoms with Crippen LogP contribution in [-0.2, 0) is 9.59 Å². The molecule has 0 aliphatic carbocycles. The number of nitrogens with two attached hydrogens (primary N) is 1. The number of halogens is 1. The SMILES string of the molecule is Cl.N=C(N)c1ccc(C2CNCCN2C2CCN(CCC(=O)O)CC2CCC(=O)O)cc1. The van der Waals surface area contributed by atoms with Crippen LogP contribution in [0.25, 0.3) is 0 Å². The highest BCUT2D eigenvalue weighted by Crippen LogP contribution is 2.33. The highest BCUT2D eigenvalue weighted by molar-refractivity contribution is 5.94. The van der Waals surface area contributed by atoms with Crippen molar-refractivity contribution in [2.45, 2.75) is 37.8 Å². The predicted octanol–water partition coefficient (Wildman–Crippen LogP) is 1.37. The van der Waals surface area contributed by atoms with Crippen LogP contribution in [0.3, 0.4) is 0 Å². The Hall–Kier alpha value is -2.20. The van der Waals surface area contributed by atoms with Gasteiger partial charge in [0.25, 0.3) is 0 Å². The van der Waals surface area contributed by atoms with E-state index in [1.54, 1.807) is 0 Å². The van der Waals surface area contributed by atoms with Crippen molar-refractivity contribution in [1.29, 1.82) is 5.41 Å². The van der Waals surface area contributed by atoms with Crippen molar-refractivity contribution in [3.63, 3.8) is 0 Å². The molecular formula is C22H34ClN5O4. The van der Waals surface area contributed by atoms with E-state index in [1.807, 2.05) is 24.3 Å². The van der Waals surface area contributed by atoms with Crippen molar-refractivity contribution in [2.75, 3.05) is 39.3 Å². The molecule has 9 nitrogen and oxygen atoms in total. The number of piperidine rings is 1. The molecule has 2 aliphatic rings. The van der Waals surface area contributed by atoms with Gasteiger partial charge in [-0.05, 0) is 30.9 Å². The van der Waals surface area contributed by atoms with Gasteiger partial charge in [-0.25, -0.2) is 0 Å². The van der Waals surface area contributed by atoms with Crippen molar-refractivity contribution in [1.82, 2.24) is 15.1 Å². The summed E-state index contributed by atoms with van der Waals surface area (Å²) in [5.41, 5.74) is 7.44. The molecule has 0 saturated carbocycles. The molecule has 1 aromatic carbocycles. The molecule has 6 N–H and O–H groups in total. The fraction of sp³-hybridized carbons (Fsp3) is 0.591. The maximum Gasteiger partial charge on any atom is 0.304 e. The first-order valence-electron chi connectivity index (χ1n) is 10.9. The van der Waals surface area contributed by atoms with Crippen molar-refractivity contribution in [3.8, 4) is 0 Å². The van der Waals surface area contributed by atoms with Crippen LogP contribution in [0.2, 0.25) is 0 Å². The van der Waals surface area contributed by atoms with E-state index in [1.165, 1.54) is 0 Å². The fourth-order valence-corrected chi connectivity index (χ4v) is 4.89. The third kappa shape index (κ3) is 6.90. The topological polar surface area (TPSA) is 143 Å². The van der Waals surface area contributed by atoms with E-state index in [-0.39, 0.29) is 49.1 Å². The number of nitrogens with one attached hydrogen (secondary N) is 2. The minimum Gasteiger partial charge on any atom is -0.481 e. The second-order valence-electron chi connectivity index (χ2n) is 8.49. The molecule has 2 aliphatic heterocycles. The third-order valence-electron chi connectivity index (χ3n) is 6.47. The Kier molecular flexibility index (Phi) is 9.89. The maximum atomic E-state index is 11.3. The lowest BCUT2D eigenvalue weighted by Gasteiger charge is -2.49. The summed E-state index contributed by atoms with van der Waals surface area (Å²) in [6, 6.07) is 8.21. The number of likely N-dealkylation sites (tertiary alicyclic amines) is 1. The first-order chi connectivity index (χ1) is 14.8. The Bertz CT molecular complexity index is 791. The zero-order valence-electron chi connectivity index (χ0n) is 18.2. The average Bonchev–Trinajstić information content (AvgIpc) is 2.76. The smallest absolute Gasteiger partial charge is 0.304 e. The van der Waals surface area contributed by atoms with Crippen molar-refractivity contribution < 1.29 is 19.8 Å². The zero-order chi connectivity index (χ0) is 22.4. The normalized spacial score (nSPS) is 24.4. The average molecular weight is 468 g/mol. The van der Waals surface area contributed by atoms with E-state index in [0.29, 0.717) is 18.5 Å². The molecule has 2 heterocycles. The molecule has 3 rings (SSSR count). The Labute approximate surface area is 194 Å². The number of carbonyl (C=O) groups is 2. The Morgan fingerprint density at radius 3 is 2.44 bits per heavy atom. The van der Waals surface area contributed by atoms with Crippen molar-refractivity contribution >= 4 is 30.2 Å². The number of carboxylic acid groups (broad SMARTS) is 2. The number of carboxylic acids is 2. The first-order valence-corrected chi connectivity index (χ1v) is 10.9. The van der Waals surface area contributed by atoms with Gasteiger partial charge in [-0.2, -0.15) is 0 Å². The van der Waals surface area contributed by atoms with Crippen molar-refractivity contribution in [2.24, 2.45) is 11.7 Å².